The number of aliphatic hydroxyl groups is 2. The molecule has 5 atom stereocenters. The van der Waals surface area contributed by atoms with Crippen molar-refractivity contribution in [1.29, 1.82) is 0 Å². The van der Waals surface area contributed by atoms with E-state index < -0.39 is 58.0 Å². The van der Waals surface area contributed by atoms with E-state index in [0.717, 1.165) is 7.11 Å². The lowest BCUT2D eigenvalue weighted by molar-refractivity contribution is -0.255. The van der Waals surface area contributed by atoms with Gasteiger partial charge in [-0.15, -0.1) is 0 Å². The van der Waals surface area contributed by atoms with Gasteiger partial charge < -0.3 is 19.7 Å². The van der Waals surface area contributed by atoms with Crippen LogP contribution in [-0.2, 0) is 34.4 Å². The molecule has 14 heteroatoms. The summed E-state index contributed by atoms with van der Waals surface area (Å²) >= 11 is 0. The number of nitrogens with one attached hydrogen (secondary N) is 1. The van der Waals surface area contributed by atoms with Crippen molar-refractivity contribution in [3.63, 3.8) is 0 Å². The first-order chi connectivity index (χ1) is 9.44. The molecule has 0 radical (unpaired) electrons. The lowest BCUT2D eigenvalue weighted by Gasteiger charge is -2.41. The summed E-state index contributed by atoms with van der Waals surface area (Å²) in [6, 6.07) is -1.66. The minimum Gasteiger partial charge on any atom is -0.388 e. The molecule has 1 saturated heterocycles. The second kappa shape index (κ2) is 6.78. The Morgan fingerprint density at radius 2 is 1.76 bits per heavy atom. The molecule has 0 amide bonds. The van der Waals surface area contributed by atoms with E-state index in [1.54, 1.807) is 0 Å². The summed E-state index contributed by atoms with van der Waals surface area (Å²) in [6.45, 7) is -0.802. The van der Waals surface area contributed by atoms with E-state index in [0.29, 0.717) is 0 Å². The van der Waals surface area contributed by atoms with Gasteiger partial charge in [0.25, 0.3) is 0 Å². The third-order valence-electron chi connectivity index (χ3n) is 2.63. The molecule has 0 bridgehead atoms. The van der Waals surface area contributed by atoms with Crippen LogP contribution >= 0.6 is 0 Å². The molecule has 0 aromatic carbocycles. The van der Waals surface area contributed by atoms with Crippen molar-refractivity contribution in [3.8, 4) is 0 Å². The normalized spacial score (nSPS) is 34.8. The van der Waals surface area contributed by atoms with E-state index in [1.165, 1.54) is 4.72 Å². The summed E-state index contributed by atoms with van der Waals surface area (Å²) in [5, 5.41) is 19.5. The Bertz CT molecular complexity index is 543. The number of methoxy groups -OCH3 is 1. The molecule has 1 rings (SSSR count). The molecule has 0 aromatic rings. The van der Waals surface area contributed by atoms with Gasteiger partial charge in [0.05, 0.1) is 6.61 Å². The second-order valence-corrected chi connectivity index (χ2v) is 6.36. The molecule has 126 valence electrons. The van der Waals surface area contributed by atoms with Crippen LogP contribution in [-0.4, -0.2) is 80.5 Å². The molecular formula is C7H15NO11S2. The molecule has 1 heterocycles. The Morgan fingerprint density at radius 1 is 1.19 bits per heavy atom. The van der Waals surface area contributed by atoms with Gasteiger partial charge in [-0.2, -0.15) is 21.6 Å². The number of rotatable bonds is 6. The maximum atomic E-state index is 10.7. The van der Waals surface area contributed by atoms with Crippen LogP contribution in [0.1, 0.15) is 0 Å². The van der Waals surface area contributed by atoms with Crippen molar-refractivity contribution in [2.75, 3.05) is 13.7 Å². The molecule has 21 heavy (non-hydrogen) atoms. The zero-order valence-corrected chi connectivity index (χ0v) is 12.2. The van der Waals surface area contributed by atoms with E-state index in [4.69, 9.17) is 18.6 Å². The molecule has 0 spiro atoms. The molecular weight excluding hydrogens is 338 g/mol. The fourth-order valence-electron chi connectivity index (χ4n) is 1.81. The molecule has 0 unspecified atom stereocenters. The maximum Gasteiger partial charge on any atom is 0.397 e. The highest BCUT2D eigenvalue weighted by molar-refractivity contribution is 7.83. The van der Waals surface area contributed by atoms with Crippen LogP contribution in [0, 0.1) is 0 Å². The standard InChI is InChI=1S/C7H15NO11S2/c1-17-6-3(2-18-21(14,15)16)19-7(10)4(5(6)9)8-20(11,12)13/h3-10H,2H2,1H3,(H,11,12,13)(H,14,15,16)/t3-,4-,5-,6-,7+/m1/s1. The summed E-state index contributed by atoms with van der Waals surface area (Å²) in [7, 11) is -8.43. The van der Waals surface area contributed by atoms with Gasteiger partial charge in [-0.1, -0.05) is 0 Å². The van der Waals surface area contributed by atoms with Crippen molar-refractivity contribution in [2.24, 2.45) is 0 Å². The zero-order valence-electron chi connectivity index (χ0n) is 10.6. The third kappa shape index (κ3) is 5.70. The Labute approximate surface area is 120 Å². The van der Waals surface area contributed by atoms with Gasteiger partial charge in [-0.05, 0) is 0 Å². The summed E-state index contributed by atoms with van der Waals surface area (Å²) < 4.78 is 74.7. The topological polar surface area (TPSA) is 189 Å². The number of aliphatic hydroxyl groups excluding tert-OH is 2. The molecule has 5 N–H and O–H groups in total. The maximum absolute atomic E-state index is 10.7. The first-order valence-corrected chi connectivity index (χ1v) is 8.16. The highest BCUT2D eigenvalue weighted by atomic mass is 32.3. The number of hydrogen-bond donors (Lipinski definition) is 5. The minimum absolute atomic E-state index is 0.802. The van der Waals surface area contributed by atoms with E-state index in [-0.39, 0.29) is 0 Å². The van der Waals surface area contributed by atoms with Crippen molar-refractivity contribution in [3.05, 3.63) is 0 Å². The van der Waals surface area contributed by atoms with E-state index >= 15 is 0 Å². The highest BCUT2D eigenvalue weighted by Crippen LogP contribution is 2.23. The Balaban J connectivity index is 2.85. The quantitative estimate of drug-likeness (QED) is 0.300. The number of ether oxygens (including phenoxy) is 2. The van der Waals surface area contributed by atoms with Crippen molar-refractivity contribution in [2.45, 2.75) is 30.6 Å². The average molecular weight is 353 g/mol. The van der Waals surface area contributed by atoms with Crippen LogP contribution < -0.4 is 4.72 Å². The molecule has 1 aliphatic heterocycles. The summed E-state index contributed by atoms with van der Waals surface area (Å²) in [5.74, 6) is 0. The summed E-state index contributed by atoms with van der Waals surface area (Å²) in [4.78, 5) is 0. The van der Waals surface area contributed by atoms with Gasteiger partial charge in [-0.3, -0.25) is 9.11 Å². The highest BCUT2D eigenvalue weighted by Gasteiger charge is 2.46. The Hall–Kier alpha value is -0.420. The van der Waals surface area contributed by atoms with Gasteiger partial charge in [0.1, 0.15) is 24.4 Å². The number of hydrogen-bond acceptors (Lipinski definition) is 9. The van der Waals surface area contributed by atoms with Crippen LogP contribution in [0.2, 0.25) is 0 Å². The van der Waals surface area contributed by atoms with Gasteiger partial charge in [0, 0.05) is 7.11 Å². The minimum atomic E-state index is -4.78. The lowest BCUT2D eigenvalue weighted by Crippen LogP contribution is -2.64. The van der Waals surface area contributed by atoms with Crippen molar-refractivity contribution >= 4 is 20.7 Å². The van der Waals surface area contributed by atoms with Gasteiger partial charge in [0.2, 0.25) is 0 Å². The molecule has 0 saturated carbocycles. The van der Waals surface area contributed by atoms with Gasteiger partial charge in [-0.25, -0.2) is 4.18 Å². The predicted octanol–water partition coefficient (Wildman–Crippen LogP) is -3.34. The van der Waals surface area contributed by atoms with Crippen LogP contribution in [0.3, 0.4) is 0 Å². The summed E-state index contributed by atoms with van der Waals surface area (Å²) in [6.07, 6.45) is -6.27. The first kappa shape index (κ1) is 18.6. The lowest BCUT2D eigenvalue weighted by atomic mass is 9.98. The largest absolute Gasteiger partial charge is 0.397 e. The molecule has 12 nitrogen and oxygen atoms in total. The fourth-order valence-corrected chi connectivity index (χ4v) is 2.72. The fraction of sp³-hybridized carbons (Fsp3) is 1.00. The van der Waals surface area contributed by atoms with Gasteiger partial charge in [0.15, 0.2) is 6.29 Å². The van der Waals surface area contributed by atoms with Gasteiger partial charge >= 0.3 is 20.7 Å². The molecule has 0 aliphatic carbocycles. The van der Waals surface area contributed by atoms with E-state index in [9.17, 15) is 27.0 Å². The SMILES string of the molecule is CO[C@H]1[C@H](O)[C@@H](NS(=O)(=O)O)[C@@H](O)O[C@@H]1COS(=O)(=O)O. The van der Waals surface area contributed by atoms with Crippen molar-refractivity contribution < 1.29 is 49.8 Å². The average Bonchev–Trinajstić information content (AvgIpc) is 2.29. The van der Waals surface area contributed by atoms with Crippen LogP contribution in [0.15, 0.2) is 0 Å². The monoisotopic (exact) mass is 353 g/mol. The van der Waals surface area contributed by atoms with Crippen molar-refractivity contribution in [1.82, 2.24) is 4.72 Å². The summed E-state index contributed by atoms with van der Waals surface area (Å²) in [5.41, 5.74) is 0. The Morgan fingerprint density at radius 3 is 2.19 bits per heavy atom. The van der Waals surface area contributed by atoms with E-state index in [1.807, 2.05) is 0 Å². The Kier molecular flexibility index (Phi) is 6.01. The zero-order chi connectivity index (χ0) is 16.4. The van der Waals surface area contributed by atoms with Crippen LogP contribution in [0.25, 0.3) is 0 Å². The predicted molar refractivity (Wildman–Crippen MR) is 63.7 cm³/mol. The molecule has 0 aromatic heterocycles. The molecule has 1 aliphatic rings. The second-order valence-electron chi connectivity index (χ2n) is 4.09. The van der Waals surface area contributed by atoms with Crippen LogP contribution in [0.5, 0.6) is 0 Å². The third-order valence-corrected chi connectivity index (χ3v) is 3.63. The molecule has 1 fully saturated rings. The van der Waals surface area contributed by atoms with Crippen LogP contribution in [0.4, 0.5) is 0 Å². The smallest absolute Gasteiger partial charge is 0.388 e. The first-order valence-electron chi connectivity index (χ1n) is 5.35. The van der Waals surface area contributed by atoms with E-state index in [2.05, 4.69) is 4.18 Å².